The minimum absolute atomic E-state index is 0.0337. The minimum Gasteiger partial charge on any atom is -0.326 e. The van der Waals surface area contributed by atoms with E-state index >= 15 is 0 Å². The molecule has 1 amide bonds. The minimum atomic E-state index is -0.0337. The maximum Gasteiger partial charge on any atom is 0.230 e. The van der Waals surface area contributed by atoms with Gasteiger partial charge in [-0.05, 0) is 30.2 Å². The number of aryl methyl sites for hydroxylation is 1. The van der Waals surface area contributed by atoms with Gasteiger partial charge in [-0.2, -0.15) is 0 Å². The van der Waals surface area contributed by atoms with Gasteiger partial charge in [0.15, 0.2) is 4.96 Å². The quantitative estimate of drug-likeness (QED) is 0.487. The van der Waals surface area contributed by atoms with Crippen LogP contribution in [0.4, 0.5) is 5.69 Å². The van der Waals surface area contributed by atoms with Crippen molar-refractivity contribution in [3.8, 4) is 11.3 Å². The van der Waals surface area contributed by atoms with E-state index in [-0.39, 0.29) is 5.91 Å². The standard InChI is InChI=1S/C21H18ClN3OS/c1-2-14-6-3-4-9-18(14)23-20(26)11-17-13-27-21-24-19(12-25(17)21)15-7-5-8-16(22)10-15/h3-10,12-13H,2,11H2,1H3,(H,23,26). The summed E-state index contributed by atoms with van der Waals surface area (Å²) in [5.41, 5.74) is 4.74. The van der Waals surface area contributed by atoms with Crippen LogP contribution in [0.25, 0.3) is 16.2 Å². The zero-order valence-corrected chi connectivity index (χ0v) is 16.3. The molecule has 0 spiro atoms. The second kappa shape index (κ2) is 7.55. The molecule has 136 valence electrons. The Balaban J connectivity index is 1.56. The molecular formula is C21H18ClN3OS. The number of aromatic nitrogens is 2. The molecule has 4 rings (SSSR count). The van der Waals surface area contributed by atoms with Gasteiger partial charge < -0.3 is 5.32 Å². The first-order valence-corrected chi connectivity index (χ1v) is 9.99. The number of halogens is 1. The van der Waals surface area contributed by atoms with Gasteiger partial charge in [0, 0.05) is 33.5 Å². The number of imidazole rings is 1. The van der Waals surface area contributed by atoms with Crippen LogP contribution in [0.5, 0.6) is 0 Å². The van der Waals surface area contributed by atoms with E-state index in [0.29, 0.717) is 11.4 Å². The number of benzene rings is 2. The number of thiazole rings is 1. The summed E-state index contributed by atoms with van der Waals surface area (Å²) in [7, 11) is 0. The fourth-order valence-corrected chi connectivity index (χ4v) is 4.12. The third-order valence-electron chi connectivity index (χ3n) is 4.42. The molecule has 0 fully saturated rings. The highest BCUT2D eigenvalue weighted by molar-refractivity contribution is 7.15. The predicted molar refractivity (Wildman–Crippen MR) is 112 cm³/mol. The number of para-hydroxylation sites is 1. The van der Waals surface area contributed by atoms with Gasteiger partial charge in [-0.3, -0.25) is 9.20 Å². The van der Waals surface area contributed by atoms with Crippen LogP contribution < -0.4 is 5.32 Å². The maximum absolute atomic E-state index is 12.6. The molecular weight excluding hydrogens is 378 g/mol. The molecule has 0 bridgehead atoms. The molecule has 4 nitrogen and oxygen atoms in total. The van der Waals surface area contributed by atoms with Gasteiger partial charge in [0.05, 0.1) is 12.1 Å². The fraction of sp³-hybridized carbons (Fsp3) is 0.143. The topological polar surface area (TPSA) is 46.4 Å². The molecule has 2 aromatic carbocycles. The maximum atomic E-state index is 12.6. The van der Waals surface area contributed by atoms with Gasteiger partial charge in [0.25, 0.3) is 0 Å². The lowest BCUT2D eigenvalue weighted by atomic mass is 10.1. The van der Waals surface area contributed by atoms with Crippen molar-refractivity contribution >= 4 is 39.5 Å². The molecule has 2 aromatic heterocycles. The van der Waals surface area contributed by atoms with Crippen LogP contribution in [0.3, 0.4) is 0 Å². The largest absolute Gasteiger partial charge is 0.326 e. The Labute approximate surface area is 166 Å². The monoisotopic (exact) mass is 395 g/mol. The van der Waals surface area contributed by atoms with Crippen molar-refractivity contribution in [3.05, 3.63) is 76.4 Å². The number of rotatable bonds is 5. The average molecular weight is 396 g/mol. The van der Waals surface area contributed by atoms with Crippen molar-refractivity contribution in [2.45, 2.75) is 19.8 Å². The summed E-state index contributed by atoms with van der Waals surface area (Å²) in [5.74, 6) is -0.0337. The van der Waals surface area contributed by atoms with Crippen LogP contribution >= 0.6 is 22.9 Å². The van der Waals surface area contributed by atoms with Crippen LogP contribution in [0.1, 0.15) is 18.2 Å². The van der Waals surface area contributed by atoms with Crippen molar-refractivity contribution < 1.29 is 4.79 Å². The number of nitrogens with one attached hydrogen (secondary N) is 1. The normalized spacial score (nSPS) is 11.0. The van der Waals surface area contributed by atoms with Crippen LogP contribution in [-0.4, -0.2) is 15.3 Å². The molecule has 2 heterocycles. The van der Waals surface area contributed by atoms with E-state index in [1.807, 2.05) is 64.5 Å². The third kappa shape index (κ3) is 3.75. The van der Waals surface area contributed by atoms with Gasteiger partial charge >= 0.3 is 0 Å². The Morgan fingerprint density at radius 3 is 2.89 bits per heavy atom. The Hall–Kier alpha value is -2.63. The SMILES string of the molecule is CCc1ccccc1NC(=O)Cc1csc2nc(-c3cccc(Cl)c3)cn12. The predicted octanol–water partition coefficient (Wildman–Crippen LogP) is 5.46. The first-order chi connectivity index (χ1) is 13.1. The summed E-state index contributed by atoms with van der Waals surface area (Å²) in [6.07, 6.45) is 3.13. The van der Waals surface area contributed by atoms with Crippen LogP contribution in [-0.2, 0) is 17.6 Å². The fourth-order valence-electron chi connectivity index (χ4n) is 3.05. The van der Waals surface area contributed by atoms with E-state index in [1.54, 1.807) is 0 Å². The highest BCUT2D eigenvalue weighted by Gasteiger charge is 2.13. The molecule has 0 atom stereocenters. The van der Waals surface area contributed by atoms with E-state index in [1.165, 1.54) is 11.3 Å². The second-order valence-corrected chi connectivity index (χ2v) is 7.52. The zero-order chi connectivity index (χ0) is 18.8. The number of anilines is 1. The highest BCUT2D eigenvalue weighted by Crippen LogP contribution is 2.26. The molecule has 0 aliphatic carbocycles. The molecule has 0 saturated heterocycles. The van der Waals surface area contributed by atoms with Crippen molar-refractivity contribution in [1.82, 2.24) is 9.38 Å². The molecule has 27 heavy (non-hydrogen) atoms. The second-order valence-electron chi connectivity index (χ2n) is 6.25. The van der Waals surface area contributed by atoms with Crippen molar-refractivity contribution in [3.63, 3.8) is 0 Å². The lowest BCUT2D eigenvalue weighted by molar-refractivity contribution is -0.115. The number of carbonyl (C=O) groups excluding carboxylic acids is 1. The number of hydrogen-bond donors (Lipinski definition) is 1. The number of fused-ring (bicyclic) bond motifs is 1. The first-order valence-electron chi connectivity index (χ1n) is 8.73. The Morgan fingerprint density at radius 1 is 1.22 bits per heavy atom. The molecule has 0 aliphatic rings. The summed E-state index contributed by atoms with van der Waals surface area (Å²) < 4.78 is 1.98. The Kier molecular flexibility index (Phi) is 4.97. The summed E-state index contributed by atoms with van der Waals surface area (Å²) in [5, 5.41) is 5.69. The van der Waals surface area contributed by atoms with Gasteiger partial charge in [-0.25, -0.2) is 4.98 Å². The summed E-state index contributed by atoms with van der Waals surface area (Å²) in [6.45, 7) is 2.08. The molecule has 0 aliphatic heterocycles. The van der Waals surface area contributed by atoms with E-state index < -0.39 is 0 Å². The lowest BCUT2D eigenvalue weighted by Crippen LogP contribution is -2.16. The van der Waals surface area contributed by atoms with Crippen LogP contribution in [0.2, 0.25) is 5.02 Å². The van der Waals surface area contributed by atoms with Crippen LogP contribution in [0.15, 0.2) is 60.1 Å². The number of nitrogens with zero attached hydrogens (tertiary/aromatic N) is 2. The van der Waals surface area contributed by atoms with Crippen LogP contribution in [0, 0.1) is 0 Å². The van der Waals surface area contributed by atoms with Crippen molar-refractivity contribution in [2.75, 3.05) is 5.32 Å². The number of hydrogen-bond acceptors (Lipinski definition) is 3. The first kappa shape index (κ1) is 17.8. The van der Waals surface area contributed by atoms with E-state index in [2.05, 4.69) is 17.2 Å². The molecule has 0 unspecified atom stereocenters. The van der Waals surface area contributed by atoms with Crippen molar-refractivity contribution in [2.24, 2.45) is 0 Å². The molecule has 0 saturated carbocycles. The summed E-state index contributed by atoms with van der Waals surface area (Å²) in [4.78, 5) is 18.1. The van der Waals surface area contributed by atoms with Gasteiger partial charge in [-0.1, -0.05) is 48.9 Å². The molecule has 0 radical (unpaired) electrons. The van der Waals surface area contributed by atoms with E-state index in [9.17, 15) is 4.79 Å². The average Bonchev–Trinajstić information content (AvgIpc) is 3.24. The number of carbonyl (C=O) groups is 1. The Morgan fingerprint density at radius 2 is 2.07 bits per heavy atom. The number of amides is 1. The van der Waals surface area contributed by atoms with Gasteiger partial charge in [0.1, 0.15) is 0 Å². The lowest BCUT2D eigenvalue weighted by Gasteiger charge is -2.09. The molecule has 6 heteroatoms. The van der Waals surface area contributed by atoms with E-state index in [4.69, 9.17) is 11.6 Å². The summed E-state index contributed by atoms with van der Waals surface area (Å²) in [6, 6.07) is 15.5. The van der Waals surface area contributed by atoms with E-state index in [0.717, 1.165) is 39.6 Å². The van der Waals surface area contributed by atoms with Crippen molar-refractivity contribution in [1.29, 1.82) is 0 Å². The molecule has 1 N–H and O–H groups in total. The third-order valence-corrected chi connectivity index (χ3v) is 5.54. The highest BCUT2D eigenvalue weighted by atomic mass is 35.5. The smallest absolute Gasteiger partial charge is 0.230 e. The zero-order valence-electron chi connectivity index (χ0n) is 14.8. The van der Waals surface area contributed by atoms with Gasteiger partial charge in [0.2, 0.25) is 5.91 Å². The summed E-state index contributed by atoms with van der Waals surface area (Å²) >= 11 is 7.61. The molecule has 4 aromatic rings. The Bertz CT molecular complexity index is 1120. The van der Waals surface area contributed by atoms with Gasteiger partial charge in [-0.15, -0.1) is 11.3 Å².